The van der Waals surface area contributed by atoms with E-state index in [2.05, 4.69) is 11.9 Å². The highest BCUT2D eigenvalue weighted by molar-refractivity contribution is 5.98. The van der Waals surface area contributed by atoms with Gasteiger partial charge in [0.1, 0.15) is 11.4 Å². The number of aromatic amines is 1. The number of para-hydroxylation sites is 1. The maximum absolute atomic E-state index is 12.2. The number of carbonyl (C=O) groups excluding carboxylic acids is 1. The summed E-state index contributed by atoms with van der Waals surface area (Å²) in [6.45, 7) is 4.84. The van der Waals surface area contributed by atoms with E-state index in [0.717, 1.165) is 35.1 Å². The molecule has 0 aliphatic rings. The molecule has 0 aliphatic carbocycles. The van der Waals surface area contributed by atoms with Crippen LogP contribution in [0.4, 0.5) is 0 Å². The number of benzene rings is 2. The molecule has 4 nitrogen and oxygen atoms in total. The molecule has 0 saturated heterocycles. The van der Waals surface area contributed by atoms with Crippen molar-refractivity contribution in [1.82, 2.24) is 4.98 Å². The first kappa shape index (κ1) is 17.1. The molecule has 4 heteroatoms. The molecule has 3 aromatic rings. The molecule has 25 heavy (non-hydrogen) atoms. The predicted molar refractivity (Wildman–Crippen MR) is 99.3 cm³/mol. The standard InChI is InChI=1S/C21H23NO3/c1-3-24-21(23)20-18(17-7-4-5-9-19(17)22-20)8-6-14-25-16-12-10-15(2)11-13-16/h4-5,7,9-13,22H,3,6,8,14H2,1-2H3. The lowest BCUT2D eigenvalue weighted by molar-refractivity contribution is 0.0519. The molecule has 0 amide bonds. The molecular formula is C21H23NO3. The second-order valence-corrected chi connectivity index (χ2v) is 6.01. The Kier molecular flexibility index (Phi) is 5.39. The van der Waals surface area contributed by atoms with Crippen molar-refractivity contribution in [3.05, 3.63) is 65.4 Å². The Morgan fingerprint density at radius 2 is 1.84 bits per heavy atom. The second-order valence-electron chi connectivity index (χ2n) is 6.01. The first-order valence-electron chi connectivity index (χ1n) is 8.65. The van der Waals surface area contributed by atoms with Crippen molar-refractivity contribution in [3.63, 3.8) is 0 Å². The summed E-state index contributed by atoms with van der Waals surface area (Å²) in [6.07, 6.45) is 1.58. The van der Waals surface area contributed by atoms with Crippen LogP contribution in [0.3, 0.4) is 0 Å². The summed E-state index contributed by atoms with van der Waals surface area (Å²) in [5.41, 5.74) is 3.73. The SMILES string of the molecule is CCOC(=O)c1[nH]c2ccccc2c1CCCOc1ccc(C)cc1. The molecule has 0 atom stereocenters. The fraction of sp³-hybridized carbons (Fsp3) is 0.286. The molecule has 0 unspecified atom stereocenters. The van der Waals surface area contributed by atoms with Gasteiger partial charge in [0, 0.05) is 10.9 Å². The van der Waals surface area contributed by atoms with Gasteiger partial charge in [-0.15, -0.1) is 0 Å². The fourth-order valence-corrected chi connectivity index (χ4v) is 2.91. The van der Waals surface area contributed by atoms with Crippen LogP contribution >= 0.6 is 0 Å². The van der Waals surface area contributed by atoms with Crippen LogP contribution in [-0.4, -0.2) is 24.2 Å². The summed E-state index contributed by atoms with van der Waals surface area (Å²) in [5, 5.41) is 1.07. The quantitative estimate of drug-likeness (QED) is 0.504. The van der Waals surface area contributed by atoms with E-state index in [1.54, 1.807) is 0 Å². The Bertz CT molecular complexity index is 849. The monoisotopic (exact) mass is 337 g/mol. The number of aryl methyl sites for hydroxylation is 2. The third-order valence-corrected chi connectivity index (χ3v) is 4.15. The Morgan fingerprint density at radius 3 is 2.60 bits per heavy atom. The van der Waals surface area contributed by atoms with Gasteiger partial charge in [-0.3, -0.25) is 0 Å². The van der Waals surface area contributed by atoms with Gasteiger partial charge < -0.3 is 14.5 Å². The zero-order chi connectivity index (χ0) is 17.6. The number of ether oxygens (including phenoxy) is 2. The highest BCUT2D eigenvalue weighted by Crippen LogP contribution is 2.24. The smallest absolute Gasteiger partial charge is 0.355 e. The predicted octanol–water partition coefficient (Wildman–Crippen LogP) is 4.66. The molecule has 0 bridgehead atoms. The topological polar surface area (TPSA) is 51.3 Å². The lowest BCUT2D eigenvalue weighted by Gasteiger charge is -2.07. The van der Waals surface area contributed by atoms with E-state index in [9.17, 15) is 4.79 Å². The summed E-state index contributed by atoms with van der Waals surface area (Å²) in [5.74, 6) is 0.572. The Balaban J connectivity index is 1.70. The lowest BCUT2D eigenvalue weighted by Crippen LogP contribution is -2.09. The van der Waals surface area contributed by atoms with Crippen molar-refractivity contribution >= 4 is 16.9 Å². The number of nitrogens with one attached hydrogen (secondary N) is 1. The minimum atomic E-state index is -0.298. The normalized spacial score (nSPS) is 10.8. The van der Waals surface area contributed by atoms with Crippen molar-refractivity contribution < 1.29 is 14.3 Å². The average Bonchev–Trinajstić information content (AvgIpc) is 2.99. The highest BCUT2D eigenvalue weighted by Gasteiger charge is 2.18. The highest BCUT2D eigenvalue weighted by atomic mass is 16.5. The number of esters is 1. The number of rotatable bonds is 7. The van der Waals surface area contributed by atoms with Crippen LogP contribution in [0.15, 0.2) is 48.5 Å². The average molecular weight is 337 g/mol. The number of carbonyl (C=O) groups is 1. The summed E-state index contributed by atoms with van der Waals surface area (Å²) < 4.78 is 11.0. The molecule has 1 heterocycles. The minimum Gasteiger partial charge on any atom is -0.494 e. The molecule has 0 aliphatic heterocycles. The molecule has 2 aromatic carbocycles. The van der Waals surface area contributed by atoms with Gasteiger partial charge in [-0.25, -0.2) is 4.79 Å². The van der Waals surface area contributed by atoms with Gasteiger partial charge in [0.25, 0.3) is 0 Å². The summed E-state index contributed by atoms with van der Waals surface area (Å²) in [7, 11) is 0. The van der Waals surface area contributed by atoms with Gasteiger partial charge in [-0.2, -0.15) is 0 Å². The maximum atomic E-state index is 12.2. The van der Waals surface area contributed by atoms with Gasteiger partial charge in [0.15, 0.2) is 0 Å². The van der Waals surface area contributed by atoms with E-state index in [0.29, 0.717) is 18.9 Å². The third kappa shape index (κ3) is 4.02. The molecule has 0 fully saturated rings. The van der Waals surface area contributed by atoms with Gasteiger partial charge in [0.2, 0.25) is 0 Å². The minimum absolute atomic E-state index is 0.298. The zero-order valence-corrected chi connectivity index (χ0v) is 14.7. The molecule has 130 valence electrons. The molecule has 0 radical (unpaired) electrons. The molecule has 0 spiro atoms. The summed E-state index contributed by atoms with van der Waals surface area (Å²) in [4.78, 5) is 15.4. The Morgan fingerprint density at radius 1 is 1.08 bits per heavy atom. The first-order chi connectivity index (χ1) is 12.2. The van der Waals surface area contributed by atoms with Crippen LogP contribution in [0.5, 0.6) is 5.75 Å². The summed E-state index contributed by atoms with van der Waals surface area (Å²) >= 11 is 0. The molecule has 0 saturated carbocycles. The molecule has 1 N–H and O–H groups in total. The molecule has 3 rings (SSSR count). The largest absolute Gasteiger partial charge is 0.494 e. The van der Waals surface area contributed by atoms with Crippen molar-refractivity contribution in [2.45, 2.75) is 26.7 Å². The van der Waals surface area contributed by atoms with Crippen molar-refractivity contribution in [2.24, 2.45) is 0 Å². The Labute approximate surface area is 147 Å². The lowest BCUT2D eigenvalue weighted by atomic mass is 10.1. The van der Waals surface area contributed by atoms with E-state index in [4.69, 9.17) is 9.47 Å². The van der Waals surface area contributed by atoms with E-state index in [1.807, 2.05) is 55.5 Å². The number of hydrogen-bond donors (Lipinski definition) is 1. The van der Waals surface area contributed by atoms with Gasteiger partial charge in [0.05, 0.1) is 13.2 Å². The molecule has 1 aromatic heterocycles. The van der Waals surface area contributed by atoms with E-state index in [1.165, 1.54) is 5.56 Å². The van der Waals surface area contributed by atoms with Gasteiger partial charge in [-0.05, 0) is 50.5 Å². The second kappa shape index (κ2) is 7.88. The van der Waals surface area contributed by atoms with E-state index < -0.39 is 0 Å². The van der Waals surface area contributed by atoms with Crippen LogP contribution < -0.4 is 4.74 Å². The van der Waals surface area contributed by atoms with Crippen LogP contribution in [0, 0.1) is 6.92 Å². The zero-order valence-electron chi connectivity index (χ0n) is 14.7. The third-order valence-electron chi connectivity index (χ3n) is 4.15. The van der Waals surface area contributed by atoms with Crippen LogP contribution in [0.2, 0.25) is 0 Å². The Hall–Kier alpha value is -2.75. The summed E-state index contributed by atoms with van der Waals surface area (Å²) in [6, 6.07) is 16.0. The van der Waals surface area contributed by atoms with E-state index >= 15 is 0 Å². The van der Waals surface area contributed by atoms with Crippen LogP contribution in [0.1, 0.15) is 35.0 Å². The maximum Gasteiger partial charge on any atom is 0.355 e. The number of aromatic nitrogens is 1. The number of hydrogen-bond acceptors (Lipinski definition) is 3. The van der Waals surface area contributed by atoms with Gasteiger partial charge >= 0.3 is 5.97 Å². The van der Waals surface area contributed by atoms with Crippen molar-refractivity contribution in [1.29, 1.82) is 0 Å². The fourth-order valence-electron chi connectivity index (χ4n) is 2.91. The number of fused-ring (bicyclic) bond motifs is 1. The first-order valence-corrected chi connectivity index (χ1v) is 8.65. The van der Waals surface area contributed by atoms with Crippen LogP contribution in [-0.2, 0) is 11.2 Å². The number of H-pyrrole nitrogens is 1. The van der Waals surface area contributed by atoms with Crippen molar-refractivity contribution in [2.75, 3.05) is 13.2 Å². The van der Waals surface area contributed by atoms with Crippen molar-refractivity contribution in [3.8, 4) is 5.75 Å². The van der Waals surface area contributed by atoms with Gasteiger partial charge in [-0.1, -0.05) is 35.9 Å². The van der Waals surface area contributed by atoms with Crippen LogP contribution in [0.25, 0.3) is 10.9 Å². The van der Waals surface area contributed by atoms with E-state index in [-0.39, 0.29) is 5.97 Å². The molecular weight excluding hydrogens is 314 g/mol.